The molecule has 0 aromatic heterocycles. The monoisotopic (exact) mass is 245 g/mol. The molecule has 102 valence electrons. The lowest BCUT2D eigenvalue weighted by molar-refractivity contribution is -0.0489. The summed E-state index contributed by atoms with van der Waals surface area (Å²) in [4.78, 5) is 2.37. The first kappa shape index (κ1) is 14.9. The number of hydrogen-bond donors (Lipinski definition) is 1. The molecule has 1 saturated heterocycles. The second-order valence-corrected chi connectivity index (χ2v) is 5.34. The van der Waals surface area contributed by atoms with Crippen LogP contribution in [0.3, 0.4) is 0 Å². The Morgan fingerprint density at radius 2 is 2.24 bits per heavy atom. The summed E-state index contributed by atoms with van der Waals surface area (Å²) in [6.07, 6.45) is 0.561. The predicted octanol–water partition coefficient (Wildman–Crippen LogP) is 0.988. The van der Waals surface area contributed by atoms with Crippen LogP contribution in [-0.2, 0) is 9.47 Å². The SMILES string of the molecule is COCCN(CC(C)C)CC1COCCC1O. The van der Waals surface area contributed by atoms with Crippen molar-refractivity contribution in [1.82, 2.24) is 4.90 Å². The lowest BCUT2D eigenvalue weighted by Gasteiger charge is -2.33. The van der Waals surface area contributed by atoms with Crippen LogP contribution in [0.4, 0.5) is 0 Å². The summed E-state index contributed by atoms with van der Waals surface area (Å²) in [7, 11) is 1.73. The van der Waals surface area contributed by atoms with Gasteiger partial charge >= 0.3 is 0 Å². The Labute approximate surface area is 105 Å². The van der Waals surface area contributed by atoms with Crippen LogP contribution in [0.5, 0.6) is 0 Å². The highest BCUT2D eigenvalue weighted by atomic mass is 16.5. The van der Waals surface area contributed by atoms with Gasteiger partial charge in [-0.3, -0.25) is 0 Å². The number of methoxy groups -OCH3 is 1. The van der Waals surface area contributed by atoms with E-state index >= 15 is 0 Å². The maximum Gasteiger partial charge on any atom is 0.0624 e. The second-order valence-electron chi connectivity index (χ2n) is 5.34. The molecule has 1 aliphatic rings. The zero-order valence-corrected chi connectivity index (χ0v) is 11.4. The molecule has 17 heavy (non-hydrogen) atoms. The quantitative estimate of drug-likeness (QED) is 0.726. The number of ether oxygens (including phenoxy) is 2. The Morgan fingerprint density at radius 3 is 2.82 bits per heavy atom. The molecule has 1 N–H and O–H groups in total. The van der Waals surface area contributed by atoms with Gasteiger partial charge in [-0.15, -0.1) is 0 Å². The zero-order valence-electron chi connectivity index (χ0n) is 11.4. The predicted molar refractivity (Wildman–Crippen MR) is 68.1 cm³/mol. The van der Waals surface area contributed by atoms with Crippen molar-refractivity contribution in [2.24, 2.45) is 11.8 Å². The number of hydrogen-bond acceptors (Lipinski definition) is 4. The summed E-state index contributed by atoms with van der Waals surface area (Å²) in [5, 5.41) is 9.94. The fourth-order valence-corrected chi connectivity index (χ4v) is 2.29. The standard InChI is InChI=1S/C13H27NO3/c1-11(2)8-14(5-7-16-3)9-12-10-17-6-4-13(12)15/h11-13,15H,4-10H2,1-3H3. The van der Waals surface area contributed by atoms with Crippen LogP contribution in [-0.4, -0.2) is 62.7 Å². The fourth-order valence-electron chi connectivity index (χ4n) is 2.29. The molecular formula is C13H27NO3. The van der Waals surface area contributed by atoms with Crippen molar-refractivity contribution in [2.45, 2.75) is 26.4 Å². The molecule has 1 aliphatic heterocycles. The lowest BCUT2D eigenvalue weighted by Crippen LogP contribution is -2.43. The Balaban J connectivity index is 2.39. The van der Waals surface area contributed by atoms with Gasteiger partial charge in [-0.05, 0) is 12.3 Å². The molecule has 1 heterocycles. The molecule has 0 amide bonds. The van der Waals surface area contributed by atoms with Crippen molar-refractivity contribution in [3.8, 4) is 0 Å². The van der Waals surface area contributed by atoms with Crippen LogP contribution >= 0.6 is 0 Å². The average Bonchev–Trinajstić information content (AvgIpc) is 2.28. The van der Waals surface area contributed by atoms with Crippen LogP contribution in [0.15, 0.2) is 0 Å². The topological polar surface area (TPSA) is 41.9 Å². The van der Waals surface area contributed by atoms with E-state index in [1.807, 2.05) is 0 Å². The first-order chi connectivity index (χ1) is 8.13. The van der Waals surface area contributed by atoms with Gasteiger partial charge < -0.3 is 19.5 Å². The molecule has 0 aromatic rings. The Kier molecular flexibility index (Phi) is 7.04. The van der Waals surface area contributed by atoms with Crippen LogP contribution in [0.25, 0.3) is 0 Å². The number of nitrogens with zero attached hydrogens (tertiary/aromatic N) is 1. The maximum atomic E-state index is 9.94. The summed E-state index contributed by atoms with van der Waals surface area (Å²) in [5.41, 5.74) is 0. The first-order valence-corrected chi connectivity index (χ1v) is 6.60. The van der Waals surface area contributed by atoms with Crippen molar-refractivity contribution in [3.05, 3.63) is 0 Å². The van der Waals surface area contributed by atoms with Gasteiger partial charge in [-0.1, -0.05) is 13.8 Å². The van der Waals surface area contributed by atoms with Crippen molar-refractivity contribution in [3.63, 3.8) is 0 Å². The Hall–Kier alpha value is -0.160. The zero-order chi connectivity index (χ0) is 12.7. The molecule has 1 rings (SSSR count). The summed E-state index contributed by atoms with van der Waals surface area (Å²) < 4.78 is 10.6. The van der Waals surface area contributed by atoms with Gasteiger partial charge in [0.05, 0.1) is 19.3 Å². The van der Waals surface area contributed by atoms with Gasteiger partial charge in [0, 0.05) is 39.3 Å². The van der Waals surface area contributed by atoms with Crippen LogP contribution in [0.1, 0.15) is 20.3 Å². The van der Waals surface area contributed by atoms with Crippen molar-refractivity contribution < 1.29 is 14.6 Å². The van der Waals surface area contributed by atoms with Gasteiger partial charge in [0.2, 0.25) is 0 Å². The van der Waals surface area contributed by atoms with E-state index < -0.39 is 0 Å². The highest BCUT2D eigenvalue weighted by Crippen LogP contribution is 2.16. The number of aliphatic hydroxyl groups is 1. The summed E-state index contributed by atoms with van der Waals surface area (Å²) in [5.74, 6) is 0.882. The van der Waals surface area contributed by atoms with E-state index in [4.69, 9.17) is 9.47 Å². The summed E-state index contributed by atoms with van der Waals surface area (Å²) >= 11 is 0. The second kappa shape index (κ2) is 8.03. The van der Waals surface area contributed by atoms with E-state index in [-0.39, 0.29) is 12.0 Å². The minimum Gasteiger partial charge on any atom is -0.393 e. The maximum absolute atomic E-state index is 9.94. The average molecular weight is 245 g/mol. The molecule has 0 bridgehead atoms. The van der Waals surface area contributed by atoms with Crippen LogP contribution < -0.4 is 0 Å². The van der Waals surface area contributed by atoms with E-state index in [2.05, 4.69) is 18.7 Å². The minimum atomic E-state index is -0.207. The van der Waals surface area contributed by atoms with Crippen molar-refractivity contribution in [1.29, 1.82) is 0 Å². The van der Waals surface area contributed by atoms with E-state index in [1.165, 1.54) is 0 Å². The normalized spacial score (nSPS) is 25.8. The molecule has 0 radical (unpaired) electrons. The third-order valence-corrected chi connectivity index (χ3v) is 3.16. The molecule has 4 nitrogen and oxygen atoms in total. The van der Waals surface area contributed by atoms with Gasteiger partial charge in [0.25, 0.3) is 0 Å². The third-order valence-electron chi connectivity index (χ3n) is 3.16. The van der Waals surface area contributed by atoms with Crippen LogP contribution in [0, 0.1) is 11.8 Å². The van der Waals surface area contributed by atoms with Gasteiger partial charge in [0.1, 0.15) is 0 Å². The highest BCUT2D eigenvalue weighted by Gasteiger charge is 2.25. The molecule has 1 fully saturated rings. The third kappa shape index (κ3) is 5.82. The highest BCUT2D eigenvalue weighted by molar-refractivity contribution is 4.76. The molecule has 0 aliphatic carbocycles. The fraction of sp³-hybridized carbons (Fsp3) is 1.00. The van der Waals surface area contributed by atoms with Crippen molar-refractivity contribution >= 4 is 0 Å². The molecule has 0 aromatic carbocycles. The largest absolute Gasteiger partial charge is 0.393 e. The Morgan fingerprint density at radius 1 is 1.47 bits per heavy atom. The number of aliphatic hydroxyl groups excluding tert-OH is 1. The van der Waals surface area contributed by atoms with Crippen LogP contribution in [0.2, 0.25) is 0 Å². The summed E-state index contributed by atoms with van der Waals surface area (Å²) in [6.45, 7) is 9.44. The van der Waals surface area contributed by atoms with E-state index in [1.54, 1.807) is 7.11 Å². The minimum absolute atomic E-state index is 0.207. The van der Waals surface area contributed by atoms with Gasteiger partial charge in [0.15, 0.2) is 0 Å². The Bertz CT molecular complexity index is 199. The molecule has 0 spiro atoms. The molecule has 0 saturated carbocycles. The molecule has 2 unspecified atom stereocenters. The van der Waals surface area contributed by atoms with Gasteiger partial charge in [-0.2, -0.15) is 0 Å². The van der Waals surface area contributed by atoms with E-state index in [9.17, 15) is 5.11 Å². The molecule has 4 heteroatoms. The van der Waals surface area contributed by atoms with Crippen molar-refractivity contribution in [2.75, 3.05) is 46.6 Å². The van der Waals surface area contributed by atoms with E-state index in [0.29, 0.717) is 19.1 Å². The smallest absolute Gasteiger partial charge is 0.0624 e. The first-order valence-electron chi connectivity index (χ1n) is 6.60. The van der Waals surface area contributed by atoms with E-state index in [0.717, 1.165) is 32.7 Å². The molecular weight excluding hydrogens is 218 g/mol. The number of rotatable bonds is 7. The van der Waals surface area contributed by atoms with Gasteiger partial charge in [-0.25, -0.2) is 0 Å². The molecule has 2 atom stereocenters. The lowest BCUT2D eigenvalue weighted by atomic mass is 9.97. The summed E-state index contributed by atoms with van der Waals surface area (Å²) in [6, 6.07) is 0.